The molecule has 2 heterocycles. The first-order valence-corrected chi connectivity index (χ1v) is 11.0. The number of benzene rings is 1. The highest BCUT2D eigenvalue weighted by Crippen LogP contribution is 2.31. The number of carbonyl (C=O) groups excluding carboxylic acids is 2. The maximum Gasteiger partial charge on any atom is 0.331 e. The van der Waals surface area contributed by atoms with E-state index in [9.17, 15) is 18.0 Å². The summed E-state index contributed by atoms with van der Waals surface area (Å²) in [5, 5.41) is 0. The minimum atomic E-state index is -3.33. The summed E-state index contributed by atoms with van der Waals surface area (Å²) in [7, 11) is -3.33. The number of hydrogen-bond donors (Lipinski definition) is 0. The Bertz CT molecular complexity index is 1040. The van der Waals surface area contributed by atoms with Crippen molar-refractivity contribution in [2.75, 3.05) is 23.2 Å². The van der Waals surface area contributed by atoms with Crippen molar-refractivity contribution in [2.24, 2.45) is 0 Å². The predicted molar refractivity (Wildman–Crippen MR) is 108 cm³/mol. The molecule has 1 aliphatic heterocycles. The molecule has 7 nitrogen and oxygen atoms in total. The van der Waals surface area contributed by atoms with Gasteiger partial charge in [-0.05, 0) is 71.2 Å². The zero-order valence-electron chi connectivity index (χ0n) is 15.1. The van der Waals surface area contributed by atoms with Gasteiger partial charge in [-0.1, -0.05) is 0 Å². The highest BCUT2D eigenvalue weighted by atomic mass is 79.9. The van der Waals surface area contributed by atoms with Crippen molar-refractivity contribution in [3.8, 4) is 0 Å². The Morgan fingerprint density at radius 2 is 2.07 bits per heavy atom. The summed E-state index contributed by atoms with van der Waals surface area (Å²) in [4.78, 5) is 24.0. The topological polar surface area (TPSA) is 93.9 Å². The fourth-order valence-corrected chi connectivity index (χ4v) is 4.30. The van der Waals surface area contributed by atoms with Crippen LogP contribution in [0.3, 0.4) is 0 Å². The number of carbonyl (C=O) groups is 2. The summed E-state index contributed by atoms with van der Waals surface area (Å²) in [5.41, 5.74) is 1.77. The van der Waals surface area contributed by atoms with E-state index in [4.69, 9.17) is 9.15 Å². The van der Waals surface area contributed by atoms with Gasteiger partial charge in [0.05, 0.1) is 11.4 Å². The molecule has 1 aromatic heterocycles. The lowest BCUT2D eigenvalue weighted by atomic mass is 10.1. The van der Waals surface area contributed by atoms with Gasteiger partial charge in [-0.2, -0.15) is 0 Å². The molecule has 0 bridgehead atoms. The maximum absolute atomic E-state index is 12.3. The Balaban J connectivity index is 1.61. The average Bonchev–Trinajstić information content (AvgIpc) is 3.30. The second-order valence-corrected chi connectivity index (χ2v) is 9.04. The lowest BCUT2D eigenvalue weighted by Gasteiger charge is -2.18. The number of halogens is 1. The van der Waals surface area contributed by atoms with Gasteiger partial charge in [-0.3, -0.25) is 9.10 Å². The first-order chi connectivity index (χ1) is 13.3. The van der Waals surface area contributed by atoms with Crippen molar-refractivity contribution < 1.29 is 27.2 Å². The van der Waals surface area contributed by atoms with E-state index in [-0.39, 0.29) is 11.5 Å². The fourth-order valence-electron chi connectivity index (χ4n) is 2.83. The van der Waals surface area contributed by atoms with Crippen LogP contribution in [-0.4, -0.2) is 39.1 Å². The van der Waals surface area contributed by atoms with Crippen LogP contribution < -0.4 is 4.31 Å². The number of furan rings is 1. The third-order valence-corrected chi connectivity index (χ3v) is 6.48. The fraction of sp³-hybridized carbons (Fsp3) is 0.263. The van der Waals surface area contributed by atoms with Crippen molar-refractivity contribution in [3.05, 3.63) is 58.0 Å². The van der Waals surface area contributed by atoms with E-state index in [0.717, 1.165) is 5.56 Å². The van der Waals surface area contributed by atoms with Gasteiger partial charge in [0.2, 0.25) is 10.0 Å². The van der Waals surface area contributed by atoms with E-state index in [2.05, 4.69) is 15.9 Å². The second-order valence-electron chi connectivity index (χ2n) is 6.07. The molecule has 0 N–H and O–H groups in total. The molecule has 9 heteroatoms. The Hall–Kier alpha value is -2.39. The van der Waals surface area contributed by atoms with Crippen LogP contribution in [0, 0.1) is 0 Å². The summed E-state index contributed by atoms with van der Waals surface area (Å²) < 4.78 is 36.3. The Labute approximate surface area is 171 Å². The van der Waals surface area contributed by atoms with E-state index in [1.54, 1.807) is 37.3 Å². The summed E-state index contributed by atoms with van der Waals surface area (Å²) in [5.74, 6) is -0.532. The zero-order valence-corrected chi connectivity index (χ0v) is 17.5. The molecular formula is C19H18BrNO6S. The Kier molecular flexibility index (Phi) is 6.04. The van der Waals surface area contributed by atoms with Crippen LogP contribution in [0.2, 0.25) is 0 Å². The van der Waals surface area contributed by atoms with Gasteiger partial charge in [0.15, 0.2) is 17.1 Å². The van der Waals surface area contributed by atoms with Crippen molar-refractivity contribution in [1.82, 2.24) is 0 Å². The summed E-state index contributed by atoms with van der Waals surface area (Å²) in [6.45, 7) is 1.56. The van der Waals surface area contributed by atoms with Gasteiger partial charge < -0.3 is 9.15 Å². The molecular weight excluding hydrogens is 450 g/mol. The second kappa shape index (κ2) is 8.32. The minimum Gasteiger partial charge on any atom is -0.454 e. The van der Waals surface area contributed by atoms with Crippen LogP contribution in [0.4, 0.5) is 5.69 Å². The van der Waals surface area contributed by atoms with Crippen molar-refractivity contribution in [1.29, 1.82) is 0 Å². The van der Waals surface area contributed by atoms with Gasteiger partial charge in [-0.25, -0.2) is 13.2 Å². The van der Waals surface area contributed by atoms with Crippen LogP contribution in [-0.2, 0) is 26.0 Å². The molecule has 0 unspecified atom stereocenters. The molecule has 0 spiro atoms. The monoisotopic (exact) mass is 467 g/mol. The molecule has 0 fully saturated rings. The van der Waals surface area contributed by atoms with Crippen molar-refractivity contribution in [2.45, 2.75) is 13.3 Å². The SMILES string of the molecule is CCS(=O)(=O)N1CCc2cc(C(=O)COC(=O)C=Cc3ccc(Br)o3)ccc21. The summed E-state index contributed by atoms with van der Waals surface area (Å²) in [6, 6.07) is 8.20. The van der Waals surface area contributed by atoms with Gasteiger partial charge in [0.25, 0.3) is 0 Å². The third-order valence-electron chi connectivity index (χ3n) is 4.28. The number of anilines is 1. The third kappa shape index (κ3) is 4.53. The van der Waals surface area contributed by atoms with Gasteiger partial charge in [-0.15, -0.1) is 0 Å². The van der Waals surface area contributed by atoms with Crippen LogP contribution in [0.1, 0.15) is 28.6 Å². The molecule has 0 saturated heterocycles. The number of ether oxygens (including phenoxy) is 1. The average molecular weight is 468 g/mol. The number of esters is 1. The smallest absolute Gasteiger partial charge is 0.331 e. The molecule has 0 aliphatic carbocycles. The van der Waals surface area contributed by atoms with E-state index in [1.165, 1.54) is 16.5 Å². The van der Waals surface area contributed by atoms with Gasteiger partial charge in [0, 0.05) is 18.2 Å². The molecule has 0 amide bonds. The van der Waals surface area contributed by atoms with Crippen molar-refractivity contribution >= 4 is 49.5 Å². The molecule has 0 atom stereocenters. The number of rotatable bonds is 7. The highest BCUT2D eigenvalue weighted by Gasteiger charge is 2.28. The van der Waals surface area contributed by atoms with Gasteiger partial charge >= 0.3 is 5.97 Å². The number of hydrogen-bond acceptors (Lipinski definition) is 6. The van der Waals surface area contributed by atoms with Crippen LogP contribution >= 0.6 is 15.9 Å². The molecule has 2 aromatic rings. The lowest BCUT2D eigenvalue weighted by molar-refractivity contribution is -0.136. The summed E-state index contributed by atoms with van der Waals surface area (Å²) in [6.07, 6.45) is 3.15. The number of ketones is 1. The molecule has 0 radical (unpaired) electrons. The zero-order chi connectivity index (χ0) is 20.3. The quantitative estimate of drug-likeness (QED) is 0.352. The molecule has 28 heavy (non-hydrogen) atoms. The Morgan fingerprint density at radius 1 is 1.29 bits per heavy atom. The van der Waals surface area contributed by atoms with E-state index in [1.807, 2.05) is 0 Å². The maximum atomic E-state index is 12.3. The van der Waals surface area contributed by atoms with Gasteiger partial charge in [0.1, 0.15) is 5.76 Å². The first-order valence-electron chi connectivity index (χ1n) is 8.57. The van der Waals surface area contributed by atoms with Crippen LogP contribution in [0.15, 0.2) is 45.5 Å². The highest BCUT2D eigenvalue weighted by molar-refractivity contribution is 9.10. The molecule has 148 valence electrons. The standard InChI is InChI=1S/C19H18BrNO6S/c1-2-28(24,25)21-10-9-13-11-14(3-6-16(13)21)17(22)12-26-19(23)8-5-15-4-7-18(20)27-15/h3-8,11H,2,9-10,12H2,1H3. The van der Waals surface area contributed by atoms with E-state index in [0.29, 0.717) is 34.6 Å². The largest absolute Gasteiger partial charge is 0.454 e. The van der Waals surface area contributed by atoms with E-state index >= 15 is 0 Å². The molecule has 3 rings (SSSR count). The summed E-state index contributed by atoms with van der Waals surface area (Å²) >= 11 is 3.16. The number of nitrogens with zero attached hydrogens (tertiary/aromatic N) is 1. The number of Topliss-reactive ketones (excluding diaryl/α,β-unsaturated/α-hetero) is 1. The van der Waals surface area contributed by atoms with E-state index < -0.39 is 22.6 Å². The first kappa shape index (κ1) is 20.3. The normalized spacial score (nSPS) is 13.7. The van der Waals surface area contributed by atoms with Crippen LogP contribution in [0.5, 0.6) is 0 Å². The molecule has 1 aromatic carbocycles. The van der Waals surface area contributed by atoms with Crippen molar-refractivity contribution in [3.63, 3.8) is 0 Å². The number of fused-ring (bicyclic) bond motifs is 1. The number of sulfonamides is 1. The lowest BCUT2D eigenvalue weighted by Crippen LogP contribution is -2.30. The van der Waals surface area contributed by atoms with Crippen LogP contribution in [0.25, 0.3) is 6.08 Å². The molecule has 1 aliphatic rings. The molecule has 0 saturated carbocycles. The Morgan fingerprint density at radius 3 is 2.75 bits per heavy atom. The minimum absolute atomic E-state index is 0.0194. The predicted octanol–water partition coefficient (Wildman–Crippen LogP) is 3.19.